The SMILES string of the molecule is CN=C(N)c1c(-c2ccc(NC(=O)Nc3ccc(CN4CCN(C)CC4)cc3)cc2)cc(C2CC2)nc1C. The monoisotopic (exact) mass is 511 g/mol. The first-order valence-corrected chi connectivity index (χ1v) is 13.3. The molecule has 2 amide bonds. The molecule has 1 aliphatic carbocycles. The van der Waals surface area contributed by atoms with Crippen LogP contribution in [0.2, 0.25) is 0 Å². The summed E-state index contributed by atoms with van der Waals surface area (Å²) < 4.78 is 0. The third-order valence-electron chi connectivity index (χ3n) is 7.38. The number of nitrogens with zero attached hydrogens (tertiary/aromatic N) is 4. The van der Waals surface area contributed by atoms with E-state index in [4.69, 9.17) is 10.7 Å². The molecule has 0 radical (unpaired) electrons. The number of anilines is 2. The highest BCUT2D eigenvalue weighted by Gasteiger charge is 2.27. The fourth-order valence-corrected chi connectivity index (χ4v) is 4.93. The van der Waals surface area contributed by atoms with Crippen LogP contribution in [0, 0.1) is 6.92 Å². The summed E-state index contributed by atoms with van der Waals surface area (Å²) in [6, 6.07) is 17.8. The molecule has 1 saturated carbocycles. The number of nitrogens with one attached hydrogen (secondary N) is 2. The molecule has 1 aliphatic heterocycles. The van der Waals surface area contributed by atoms with Gasteiger partial charge >= 0.3 is 6.03 Å². The van der Waals surface area contributed by atoms with Gasteiger partial charge in [-0.05, 0) is 73.8 Å². The van der Waals surface area contributed by atoms with E-state index in [2.05, 4.69) is 50.7 Å². The lowest BCUT2D eigenvalue weighted by molar-refractivity contribution is 0.148. The van der Waals surface area contributed by atoms with Crippen molar-refractivity contribution in [3.8, 4) is 11.1 Å². The summed E-state index contributed by atoms with van der Waals surface area (Å²) >= 11 is 0. The standard InChI is InChI=1S/C30H37N7O/c1-20-28(29(31)32-2)26(18-27(33-20)23-6-7-23)22-8-12-25(13-9-22)35-30(38)34-24-10-4-21(5-11-24)19-37-16-14-36(3)15-17-37/h4-5,8-13,18,23H,6-7,14-17,19H2,1-3H3,(H2,31,32)(H2,34,35,38). The van der Waals surface area contributed by atoms with Gasteiger partial charge in [-0.3, -0.25) is 14.9 Å². The maximum Gasteiger partial charge on any atom is 0.323 e. The van der Waals surface area contributed by atoms with E-state index in [0.29, 0.717) is 17.4 Å². The molecule has 8 nitrogen and oxygen atoms in total. The van der Waals surface area contributed by atoms with Crippen LogP contribution < -0.4 is 16.4 Å². The molecule has 4 N–H and O–H groups in total. The number of nitrogens with two attached hydrogens (primary N) is 1. The molecule has 2 fully saturated rings. The fourth-order valence-electron chi connectivity index (χ4n) is 4.93. The van der Waals surface area contributed by atoms with E-state index < -0.39 is 0 Å². The van der Waals surface area contributed by atoms with Crippen molar-refractivity contribution in [3.63, 3.8) is 0 Å². The molecule has 0 spiro atoms. The van der Waals surface area contributed by atoms with Crippen LogP contribution in [0.1, 0.15) is 41.3 Å². The predicted octanol–water partition coefficient (Wildman–Crippen LogP) is 4.66. The molecule has 0 unspecified atom stereocenters. The highest BCUT2D eigenvalue weighted by atomic mass is 16.2. The number of aromatic nitrogens is 1. The number of hydrogen-bond acceptors (Lipinski definition) is 5. The predicted molar refractivity (Wildman–Crippen MR) is 155 cm³/mol. The van der Waals surface area contributed by atoms with Gasteiger partial charge in [0.15, 0.2) is 0 Å². The molecule has 1 aromatic heterocycles. The summed E-state index contributed by atoms with van der Waals surface area (Å²) in [6.07, 6.45) is 2.36. The van der Waals surface area contributed by atoms with Gasteiger partial charge in [0, 0.05) is 74.0 Å². The fraction of sp³-hybridized carbons (Fsp3) is 0.367. The number of carbonyl (C=O) groups is 1. The summed E-state index contributed by atoms with van der Waals surface area (Å²) in [4.78, 5) is 26.5. The Hall–Kier alpha value is -3.75. The lowest BCUT2D eigenvalue weighted by atomic mass is 9.96. The van der Waals surface area contributed by atoms with Gasteiger partial charge in [-0.1, -0.05) is 24.3 Å². The van der Waals surface area contributed by atoms with Crippen LogP contribution in [0.4, 0.5) is 16.2 Å². The smallest absolute Gasteiger partial charge is 0.323 e. The second-order valence-corrected chi connectivity index (χ2v) is 10.4. The first-order valence-electron chi connectivity index (χ1n) is 13.3. The highest BCUT2D eigenvalue weighted by molar-refractivity contribution is 6.04. The topological polar surface area (TPSA) is 98.9 Å². The number of rotatable bonds is 7. The van der Waals surface area contributed by atoms with Gasteiger partial charge in [0.25, 0.3) is 0 Å². The van der Waals surface area contributed by atoms with Crippen molar-refractivity contribution in [2.75, 3.05) is 50.9 Å². The first-order chi connectivity index (χ1) is 18.4. The van der Waals surface area contributed by atoms with Gasteiger partial charge < -0.3 is 21.3 Å². The van der Waals surface area contributed by atoms with E-state index in [0.717, 1.165) is 66.5 Å². The van der Waals surface area contributed by atoms with E-state index in [1.54, 1.807) is 7.05 Å². The van der Waals surface area contributed by atoms with Crippen LogP contribution in [0.15, 0.2) is 59.6 Å². The Morgan fingerprint density at radius 2 is 1.61 bits per heavy atom. The van der Waals surface area contributed by atoms with Crippen molar-refractivity contribution in [1.29, 1.82) is 0 Å². The minimum absolute atomic E-state index is 0.275. The second kappa shape index (κ2) is 11.3. The molecule has 0 atom stereocenters. The maximum absolute atomic E-state index is 12.6. The van der Waals surface area contributed by atoms with Crippen LogP contribution in [-0.4, -0.2) is 66.9 Å². The molecule has 2 aromatic carbocycles. The van der Waals surface area contributed by atoms with Gasteiger partial charge in [-0.25, -0.2) is 4.79 Å². The van der Waals surface area contributed by atoms with Crippen LogP contribution in [0.5, 0.6) is 0 Å². The Balaban J connectivity index is 1.22. The minimum Gasteiger partial charge on any atom is -0.383 e. The summed E-state index contributed by atoms with van der Waals surface area (Å²) in [7, 11) is 3.86. The summed E-state index contributed by atoms with van der Waals surface area (Å²) in [5, 5.41) is 5.86. The molecule has 8 heteroatoms. The molecule has 2 aliphatic rings. The van der Waals surface area contributed by atoms with Crippen LogP contribution in [0.25, 0.3) is 11.1 Å². The normalized spacial score (nSPS) is 16.9. The zero-order valence-electron chi connectivity index (χ0n) is 22.5. The summed E-state index contributed by atoms with van der Waals surface area (Å²) in [6.45, 7) is 7.30. The Labute approximate surface area is 225 Å². The van der Waals surface area contributed by atoms with Gasteiger partial charge in [0.05, 0.1) is 0 Å². The maximum atomic E-state index is 12.6. The number of likely N-dealkylation sites (N-methyl/N-ethyl adjacent to an activating group) is 1. The zero-order valence-corrected chi connectivity index (χ0v) is 22.5. The molecule has 5 rings (SSSR count). The lowest BCUT2D eigenvalue weighted by Crippen LogP contribution is -2.43. The van der Waals surface area contributed by atoms with Gasteiger partial charge in [-0.2, -0.15) is 0 Å². The van der Waals surface area contributed by atoms with Crippen molar-refractivity contribution >= 4 is 23.2 Å². The molecular weight excluding hydrogens is 474 g/mol. The lowest BCUT2D eigenvalue weighted by Gasteiger charge is -2.32. The largest absolute Gasteiger partial charge is 0.383 e. The van der Waals surface area contributed by atoms with Gasteiger partial charge in [0.1, 0.15) is 5.84 Å². The van der Waals surface area contributed by atoms with Gasteiger partial charge in [-0.15, -0.1) is 0 Å². The average Bonchev–Trinajstić information content (AvgIpc) is 3.76. The molecule has 1 saturated heterocycles. The van der Waals surface area contributed by atoms with Gasteiger partial charge in [0.2, 0.25) is 0 Å². The summed E-state index contributed by atoms with van der Waals surface area (Å²) in [5.41, 5.74) is 13.9. The molecule has 2 heterocycles. The van der Waals surface area contributed by atoms with E-state index in [9.17, 15) is 4.79 Å². The first kappa shape index (κ1) is 25.9. The molecule has 198 valence electrons. The van der Waals surface area contributed by atoms with E-state index in [1.807, 2.05) is 43.3 Å². The number of amidine groups is 1. The van der Waals surface area contributed by atoms with Crippen molar-refractivity contribution in [2.24, 2.45) is 10.7 Å². The molecule has 38 heavy (non-hydrogen) atoms. The van der Waals surface area contributed by atoms with Crippen LogP contribution in [-0.2, 0) is 6.54 Å². The Bertz CT molecular complexity index is 1310. The van der Waals surface area contributed by atoms with E-state index in [1.165, 1.54) is 18.4 Å². The number of carbonyl (C=O) groups excluding carboxylic acids is 1. The Morgan fingerprint density at radius 1 is 1.00 bits per heavy atom. The van der Waals surface area contributed by atoms with Crippen LogP contribution in [0.3, 0.4) is 0 Å². The van der Waals surface area contributed by atoms with Crippen LogP contribution >= 0.6 is 0 Å². The number of pyridine rings is 1. The number of piperazine rings is 1. The quantitative estimate of drug-likeness (QED) is 0.317. The van der Waals surface area contributed by atoms with Crippen molar-refractivity contribution < 1.29 is 4.79 Å². The number of urea groups is 1. The van der Waals surface area contributed by atoms with Crippen molar-refractivity contribution in [2.45, 2.75) is 32.2 Å². The molecular formula is C30H37N7O. The number of hydrogen-bond donors (Lipinski definition) is 3. The number of aliphatic imine (C=N–C) groups is 1. The highest BCUT2D eigenvalue weighted by Crippen LogP contribution is 2.41. The average molecular weight is 512 g/mol. The Morgan fingerprint density at radius 3 is 2.18 bits per heavy atom. The molecule has 0 bridgehead atoms. The number of amides is 2. The third kappa shape index (κ3) is 6.20. The number of aryl methyl sites for hydroxylation is 1. The third-order valence-corrected chi connectivity index (χ3v) is 7.38. The zero-order chi connectivity index (χ0) is 26.6. The van der Waals surface area contributed by atoms with Crippen molar-refractivity contribution in [1.82, 2.24) is 14.8 Å². The summed E-state index contributed by atoms with van der Waals surface area (Å²) in [5.74, 6) is 1.01. The number of benzene rings is 2. The molecule has 3 aromatic rings. The minimum atomic E-state index is -0.275. The van der Waals surface area contributed by atoms with E-state index >= 15 is 0 Å². The Kier molecular flexibility index (Phi) is 7.72. The van der Waals surface area contributed by atoms with E-state index in [-0.39, 0.29) is 6.03 Å². The van der Waals surface area contributed by atoms with Crippen molar-refractivity contribution in [3.05, 3.63) is 77.1 Å². The second-order valence-electron chi connectivity index (χ2n) is 10.4.